The van der Waals surface area contributed by atoms with Gasteiger partial charge in [0, 0.05) is 6.42 Å². The number of aromatic nitrogens is 2. The molecular formula is C10H14N2O. The lowest BCUT2D eigenvalue weighted by molar-refractivity contribution is 0.303. The van der Waals surface area contributed by atoms with Crippen molar-refractivity contribution in [2.24, 2.45) is 0 Å². The smallest absolute Gasteiger partial charge is 0.134 e. The van der Waals surface area contributed by atoms with Gasteiger partial charge in [-0.15, -0.1) is 0 Å². The first-order valence-corrected chi connectivity index (χ1v) is 4.53. The summed E-state index contributed by atoms with van der Waals surface area (Å²) in [6, 6.07) is 0. The molecule has 1 aromatic heterocycles. The highest BCUT2D eigenvalue weighted by atomic mass is 16.6. The molecule has 1 aliphatic rings. The van der Waals surface area contributed by atoms with Gasteiger partial charge in [-0.25, -0.2) is 4.63 Å². The van der Waals surface area contributed by atoms with E-state index in [9.17, 15) is 0 Å². The monoisotopic (exact) mass is 178 g/mol. The van der Waals surface area contributed by atoms with Crippen LogP contribution in [0.3, 0.4) is 0 Å². The standard InChI is InChI=1S/C8H8N2O.C2H6/c1-6-4-2-3-5-7-8(6)10-11-9-7;1-2/h2-4H,5H2,1H3;1-2H3. The molecule has 0 saturated heterocycles. The maximum absolute atomic E-state index is 4.62. The molecule has 3 nitrogen and oxygen atoms in total. The van der Waals surface area contributed by atoms with Crippen molar-refractivity contribution in [2.75, 3.05) is 0 Å². The van der Waals surface area contributed by atoms with Crippen LogP contribution in [0.25, 0.3) is 5.57 Å². The summed E-state index contributed by atoms with van der Waals surface area (Å²) < 4.78 is 4.62. The van der Waals surface area contributed by atoms with E-state index in [1.807, 2.05) is 39.0 Å². The van der Waals surface area contributed by atoms with E-state index in [-0.39, 0.29) is 0 Å². The second kappa shape index (κ2) is 4.60. The zero-order chi connectivity index (χ0) is 9.68. The molecule has 70 valence electrons. The first kappa shape index (κ1) is 9.71. The Morgan fingerprint density at radius 2 is 2.08 bits per heavy atom. The van der Waals surface area contributed by atoms with Gasteiger partial charge in [-0.1, -0.05) is 37.2 Å². The van der Waals surface area contributed by atoms with Crippen LogP contribution in [0.2, 0.25) is 0 Å². The molecule has 0 spiro atoms. The molecule has 0 aliphatic heterocycles. The molecule has 0 N–H and O–H groups in total. The molecule has 0 amide bonds. The van der Waals surface area contributed by atoms with Crippen LogP contribution in [-0.4, -0.2) is 10.3 Å². The number of nitrogens with zero attached hydrogens (tertiary/aromatic N) is 2. The van der Waals surface area contributed by atoms with Gasteiger partial charge in [0.25, 0.3) is 0 Å². The molecule has 0 fully saturated rings. The topological polar surface area (TPSA) is 38.9 Å². The van der Waals surface area contributed by atoms with Crippen molar-refractivity contribution in [3.8, 4) is 0 Å². The second-order valence-corrected chi connectivity index (χ2v) is 2.54. The fraction of sp³-hybridized carbons (Fsp3) is 0.400. The van der Waals surface area contributed by atoms with Crippen LogP contribution in [0.4, 0.5) is 0 Å². The summed E-state index contributed by atoms with van der Waals surface area (Å²) >= 11 is 0. The van der Waals surface area contributed by atoms with Gasteiger partial charge in [-0.05, 0) is 17.7 Å². The van der Waals surface area contributed by atoms with E-state index in [2.05, 4.69) is 14.9 Å². The Balaban J connectivity index is 0.000000396. The molecular weight excluding hydrogens is 164 g/mol. The number of hydrogen-bond acceptors (Lipinski definition) is 3. The van der Waals surface area contributed by atoms with Crippen LogP contribution in [0.1, 0.15) is 32.2 Å². The van der Waals surface area contributed by atoms with Crippen molar-refractivity contribution in [3.05, 3.63) is 29.6 Å². The third-order valence-electron chi connectivity index (χ3n) is 1.72. The Kier molecular flexibility index (Phi) is 3.43. The zero-order valence-corrected chi connectivity index (χ0v) is 8.24. The summed E-state index contributed by atoms with van der Waals surface area (Å²) in [7, 11) is 0. The van der Waals surface area contributed by atoms with Gasteiger partial charge in [-0.3, -0.25) is 0 Å². The average Bonchev–Trinajstić information content (AvgIpc) is 2.57. The molecule has 0 bridgehead atoms. The quantitative estimate of drug-likeness (QED) is 0.613. The Bertz CT molecular complexity index is 323. The number of fused-ring (bicyclic) bond motifs is 1. The molecule has 0 atom stereocenters. The van der Waals surface area contributed by atoms with Crippen molar-refractivity contribution >= 4 is 5.57 Å². The van der Waals surface area contributed by atoms with Crippen LogP contribution >= 0.6 is 0 Å². The van der Waals surface area contributed by atoms with E-state index >= 15 is 0 Å². The molecule has 3 heteroatoms. The third-order valence-corrected chi connectivity index (χ3v) is 1.72. The lowest BCUT2D eigenvalue weighted by atomic mass is 10.2. The number of allylic oxidation sites excluding steroid dienone is 4. The highest BCUT2D eigenvalue weighted by Crippen LogP contribution is 2.17. The molecule has 13 heavy (non-hydrogen) atoms. The second-order valence-electron chi connectivity index (χ2n) is 2.54. The zero-order valence-electron chi connectivity index (χ0n) is 8.24. The van der Waals surface area contributed by atoms with E-state index in [1.165, 1.54) is 0 Å². The summed E-state index contributed by atoms with van der Waals surface area (Å²) in [6.45, 7) is 6.00. The average molecular weight is 178 g/mol. The SMILES string of the molecule is CC.CC1=CC=CCc2nonc21. The minimum atomic E-state index is 0.812. The van der Waals surface area contributed by atoms with Crippen LogP contribution in [0.5, 0.6) is 0 Å². The summed E-state index contributed by atoms with van der Waals surface area (Å²) in [5.74, 6) is 0. The Morgan fingerprint density at radius 1 is 1.31 bits per heavy atom. The van der Waals surface area contributed by atoms with Crippen molar-refractivity contribution in [1.29, 1.82) is 0 Å². The molecule has 1 aromatic rings. The first-order chi connectivity index (χ1) is 6.38. The Labute approximate surface area is 78.1 Å². The third kappa shape index (κ3) is 2.05. The molecule has 2 rings (SSSR count). The van der Waals surface area contributed by atoms with Crippen molar-refractivity contribution < 1.29 is 4.63 Å². The summed E-state index contributed by atoms with van der Waals surface area (Å²) in [6.07, 6.45) is 6.88. The van der Waals surface area contributed by atoms with Crippen molar-refractivity contribution in [2.45, 2.75) is 27.2 Å². The van der Waals surface area contributed by atoms with Crippen molar-refractivity contribution in [3.63, 3.8) is 0 Å². The summed E-state index contributed by atoms with van der Waals surface area (Å²) in [5.41, 5.74) is 2.91. The summed E-state index contributed by atoms with van der Waals surface area (Å²) in [5, 5.41) is 7.59. The number of hydrogen-bond donors (Lipinski definition) is 0. The van der Waals surface area contributed by atoms with Crippen LogP contribution < -0.4 is 0 Å². The van der Waals surface area contributed by atoms with Gasteiger partial charge >= 0.3 is 0 Å². The lowest BCUT2D eigenvalue weighted by Crippen LogP contribution is -1.86. The van der Waals surface area contributed by atoms with E-state index in [4.69, 9.17) is 0 Å². The lowest BCUT2D eigenvalue weighted by Gasteiger charge is -1.90. The van der Waals surface area contributed by atoms with E-state index in [0.29, 0.717) is 0 Å². The van der Waals surface area contributed by atoms with Crippen LogP contribution in [0, 0.1) is 0 Å². The van der Waals surface area contributed by atoms with Gasteiger partial charge in [0.05, 0.1) is 0 Å². The highest BCUT2D eigenvalue weighted by molar-refractivity contribution is 5.64. The molecule has 0 saturated carbocycles. The molecule has 1 aliphatic carbocycles. The predicted molar refractivity (Wildman–Crippen MR) is 52.1 cm³/mol. The van der Waals surface area contributed by atoms with Gasteiger partial charge < -0.3 is 0 Å². The van der Waals surface area contributed by atoms with Crippen molar-refractivity contribution in [1.82, 2.24) is 10.3 Å². The predicted octanol–water partition coefficient (Wildman–Crippen LogP) is 2.61. The highest BCUT2D eigenvalue weighted by Gasteiger charge is 2.10. The van der Waals surface area contributed by atoms with Gasteiger partial charge in [0.2, 0.25) is 0 Å². The molecule has 0 unspecified atom stereocenters. The number of rotatable bonds is 0. The fourth-order valence-electron chi connectivity index (χ4n) is 1.11. The fourth-order valence-corrected chi connectivity index (χ4v) is 1.11. The summed E-state index contributed by atoms with van der Waals surface area (Å²) in [4.78, 5) is 0. The largest absolute Gasteiger partial charge is 0.244 e. The minimum Gasteiger partial charge on any atom is -0.244 e. The van der Waals surface area contributed by atoms with Crippen LogP contribution in [-0.2, 0) is 6.42 Å². The van der Waals surface area contributed by atoms with Gasteiger partial charge in [0.15, 0.2) is 0 Å². The van der Waals surface area contributed by atoms with Gasteiger partial charge in [0.1, 0.15) is 11.4 Å². The Morgan fingerprint density at radius 3 is 2.85 bits per heavy atom. The minimum absolute atomic E-state index is 0.812. The van der Waals surface area contributed by atoms with E-state index in [0.717, 1.165) is 23.4 Å². The molecule has 0 radical (unpaired) electrons. The van der Waals surface area contributed by atoms with Crippen LogP contribution in [0.15, 0.2) is 22.9 Å². The maximum Gasteiger partial charge on any atom is 0.134 e. The Hall–Kier alpha value is -1.38. The van der Waals surface area contributed by atoms with E-state index in [1.54, 1.807) is 0 Å². The molecule has 0 aromatic carbocycles. The first-order valence-electron chi connectivity index (χ1n) is 4.53. The molecule has 1 heterocycles. The normalized spacial score (nSPS) is 13.6. The van der Waals surface area contributed by atoms with E-state index < -0.39 is 0 Å². The maximum atomic E-state index is 4.62. The van der Waals surface area contributed by atoms with Gasteiger partial charge in [-0.2, -0.15) is 0 Å².